The molecule has 1 rings (SSSR count). The second-order valence-electron chi connectivity index (χ2n) is 4.58. The zero-order chi connectivity index (χ0) is 11.5. The van der Waals surface area contributed by atoms with Gasteiger partial charge in [0.15, 0.2) is 0 Å². The van der Waals surface area contributed by atoms with Crippen LogP contribution in [0.5, 0.6) is 0 Å². The molecule has 0 spiro atoms. The van der Waals surface area contributed by atoms with E-state index in [1.807, 2.05) is 39.0 Å². The first-order chi connectivity index (χ1) is 6.90. The number of rotatable bonds is 3. The zero-order valence-corrected chi connectivity index (χ0v) is 11.3. The van der Waals surface area contributed by atoms with Gasteiger partial charge >= 0.3 is 0 Å². The van der Waals surface area contributed by atoms with Gasteiger partial charge in [-0.05, 0) is 39.3 Å². The van der Waals surface area contributed by atoms with E-state index in [4.69, 9.17) is 4.84 Å². The van der Waals surface area contributed by atoms with E-state index in [9.17, 15) is 0 Å². The van der Waals surface area contributed by atoms with Crippen molar-refractivity contribution in [1.29, 1.82) is 0 Å². The molecular formula is C12H18BrNO. The van der Waals surface area contributed by atoms with E-state index in [-0.39, 0.29) is 11.6 Å². The summed E-state index contributed by atoms with van der Waals surface area (Å²) in [5.41, 5.74) is 4.07. The van der Waals surface area contributed by atoms with Crippen LogP contribution in [0, 0.1) is 0 Å². The van der Waals surface area contributed by atoms with Gasteiger partial charge in [-0.15, -0.1) is 0 Å². The van der Waals surface area contributed by atoms with Crippen molar-refractivity contribution in [3.05, 3.63) is 34.3 Å². The van der Waals surface area contributed by atoms with Crippen LogP contribution in [0.1, 0.15) is 39.3 Å². The van der Waals surface area contributed by atoms with E-state index in [2.05, 4.69) is 34.4 Å². The standard InChI is InChI=1S/C12H18BrNO/c1-9(14-15-12(2,3)4)10-7-5-6-8-11(10)13/h5-9,14H,1-4H3. The van der Waals surface area contributed by atoms with Crippen molar-refractivity contribution in [1.82, 2.24) is 5.48 Å². The van der Waals surface area contributed by atoms with Crippen LogP contribution in [0.15, 0.2) is 28.7 Å². The van der Waals surface area contributed by atoms with E-state index in [0.717, 1.165) is 4.47 Å². The van der Waals surface area contributed by atoms with Crippen molar-refractivity contribution < 1.29 is 4.84 Å². The van der Waals surface area contributed by atoms with Gasteiger partial charge in [-0.1, -0.05) is 34.1 Å². The number of nitrogens with one attached hydrogen (secondary N) is 1. The van der Waals surface area contributed by atoms with E-state index >= 15 is 0 Å². The number of hydroxylamine groups is 1. The normalized spacial score (nSPS) is 13.9. The molecule has 3 heteroatoms. The van der Waals surface area contributed by atoms with Crippen molar-refractivity contribution >= 4 is 15.9 Å². The SMILES string of the molecule is CC(NOC(C)(C)C)c1ccccc1Br. The predicted octanol–water partition coefficient (Wildman–Crippen LogP) is 3.83. The third-order valence-corrected chi connectivity index (χ3v) is 2.64. The van der Waals surface area contributed by atoms with Crippen LogP contribution < -0.4 is 5.48 Å². The van der Waals surface area contributed by atoms with Crippen LogP contribution in [0.3, 0.4) is 0 Å². The lowest BCUT2D eigenvalue weighted by molar-refractivity contribution is -0.0867. The van der Waals surface area contributed by atoms with Gasteiger partial charge < -0.3 is 0 Å². The number of hydrogen-bond donors (Lipinski definition) is 1. The molecule has 1 N–H and O–H groups in total. The maximum Gasteiger partial charge on any atom is 0.0813 e. The summed E-state index contributed by atoms with van der Waals surface area (Å²) in [6, 6.07) is 8.30. The molecule has 0 saturated carbocycles. The van der Waals surface area contributed by atoms with Gasteiger partial charge in [-0.25, -0.2) is 0 Å². The Hall–Kier alpha value is -0.380. The molecule has 0 aromatic heterocycles. The summed E-state index contributed by atoms with van der Waals surface area (Å²) in [5.74, 6) is 0. The predicted molar refractivity (Wildman–Crippen MR) is 66.5 cm³/mol. The van der Waals surface area contributed by atoms with Crippen LogP contribution in [0.4, 0.5) is 0 Å². The van der Waals surface area contributed by atoms with Crippen molar-refractivity contribution in [3.8, 4) is 0 Å². The summed E-state index contributed by atoms with van der Waals surface area (Å²) in [6.07, 6.45) is 0. The Bertz CT molecular complexity index is 320. The molecule has 1 atom stereocenters. The quantitative estimate of drug-likeness (QED) is 0.844. The molecule has 2 nitrogen and oxygen atoms in total. The highest BCUT2D eigenvalue weighted by Gasteiger charge is 2.14. The van der Waals surface area contributed by atoms with Crippen LogP contribution in [-0.2, 0) is 4.84 Å². The number of benzene rings is 1. The van der Waals surface area contributed by atoms with Gasteiger partial charge in [0.2, 0.25) is 0 Å². The van der Waals surface area contributed by atoms with Crippen LogP contribution in [0.25, 0.3) is 0 Å². The second-order valence-corrected chi connectivity index (χ2v) is 5.43. The molecule has 0 saturated heterocycles. The molecule has 1 aromatic rings. The van der Waals surface area contributed by atoms with Crippen molar-refractivity contribution in [2.75, 3.05) is 0 Å². The first-order valence-corrected chi connectivity index (χ1v) is 5.87. The summed E-state index contributed by atoms with van der Waals surface area (Å²) in [4.78, 5) is 5.53. The Kier molecular flexibility index (Phi) is 4.32. The molecule has 0 radical (unpaired) electrons. The fraction of sp³-hybridized carbons (Fsp3) is 0.500. The fourth-order valence-corrected chi connectivity index (χ4v) is 1.78. The Morgan fingerprint density at radius 3 is 2.40 bits per heavy atom. The maximum atomic E-state index is 5.53. The topological polar surface area (TPSA) is 21.3 Å². The minimum Gasteiger partial charge on any atom is -0.296 e. The van der Waals surface area contributed by atoms with Gasteiger partial charge in [0.1, 0.15) is 0 Å². The molecule has 0 heterocycles. The molecule has 0 amide bonds. The molecule has 1 unspecified atom stereocenters. The highest BCUT2D eigenvalue weighted by Crippen LogP contribution is 2.23. The minimum absolute atomic E-state index is 0.166. The molecular weight excluding hydrogens is 254 g/mol. The van der Waals surface area contributed by atoms with E-state index in [1.165, 1.54) is 5.56 Å². The maximum absolute atomic E-state index is 5.53. The average Bonchev–Trinajstić information content (AvgIpc) is 2.14. The van der Waals surface area contributed by atoms with Crippen molar-refractivity contribution in [2.45, 2.75) is 39.3 Å². The van der Waals surface area contributed by atoms with E-state index < -0.39 is 0 Å². The van der Waals surface area contributed by atoms with Gasteiger partial charge in [0.25, 0.3) is 0 Å². The fourth-order valence-electron chi connectivity index (χ4n) is 1.15. The summed E-state index contributed by atoms with van der Waals surface area (Å²) in [7, 11) is 0. The Balaban J connectivity index is 2.62. The van der Waals surface area contributed by atoms with E-state index in [0.29, 0.717) is 0 Å². The smallest absolute Gasteiger partial charge is 0.0813 e. The zero-order valence-electron chi connectivity index (χ0n) is 9.67. The first-order valence-electron chi connectivity index (χ1n) is 5.08. The summed E-state index contributed by atoms with van der Waals surface area (Å²) in [5, 5.41) is 0. The van der Waals surface area contributed by atoms with Crippen molar-refractivity contribution in [2.24, 2.45) is 0 Å². The summed E-state index contributed by atoms with van der Waals surface area (Å²) >= 11 is 3.52. The minimum atomic E-state index is -0.171. The lowest BCUT2D eigenvalue weighted by Crippen LogP contribution is -2.31. The first kappa shape index (κ1) is 12.7. The van der Waals surface area contributed by atoms with Crippen LogP contribution in [0.2, 0.25) is 0 Å². The highest BCUT2D eigenvalue weighted by molar-refractivity contribution is 9.10. The monoisotopic (exact) mass is 271 g/mol. The Labute approximate surface area is 100 Å². The molecule has 0 aliphatic rings. The molecule has 1 aromatic carbocycles. The third kappa shape index (κ3) is 4.33. The average molecular weight is 272 g/mol. The van der Waals surface area contributed by atoms with Gasteiger partial charge in [-0.2, -0.15) is 5.48 Å². The molecule has 0 aliphatic carbocycles. The lowest BCUT2D eigenvalue weighted by atomic mass is 10.1. The third-order valence-electron chi connectivity index (χ3n) is 1.91. The van der Waals surface area contributed by atoms with Gasteiger partial charge in [0.05, 0.1) is 11.6 Å². The number of hydrogen-bond acceptors (Lipinski definition) is 2. The van der Waals surface area contributed by atoms with Crippen molar-refractivity contribution in [3.63, 3.8) is 0 Å². The Morgan fingerprint density at radius 2 is 1.87 bits per heavy atom. The summed E-state index contributed by atoms with van der Waals surface area (Å²) < 4.78 is 1.10. The number of halogens is 1. The molecule has 0 aliphatic heterocycles. The lowest BCUT2D eigenvalue weighted by Gasteiger charge is -2.23. The highest BCUT2D eigenvalue weighted by atomic mass is 79.9. The van der Waals surface area contributed by atoms with Gasteiger partial charge in [-0.3, -0.25) is 4.84 Å². The van der Waals surface area contributed by atoms with Crippen LogP contribution in [-0.4, -0.2) is 5.60 Å². The second kappa shape index (κ2) is 5.10. The van der Waals surface area contributed by atoms with E-state index in [1.54, 1.807) is 0 Å². The molecule has 84 valence electrons. The Morgan fingerprint density at radius 1 is 1.27 bits per heavy atom. The molecule has 0 fully saturated rings. The van der Waals surface area contributed by atoms with Crippen LogP contribution >= 0.6 is 15.9 Å². The summed E-state index contributed by atoms with van der Waals surface area (Å²) in [6.45, 7) is 8.14. The van der Waals surface area contributed by atoms with Gasteiger partial charge in [0, 0.05) is 4.47 Å². The molecule has 15 heavy (non-hydrogen) atoms. The molecule has 0 bridgehead atoms. The largest absolute Gasteiger partial charge is 0.296 e.